The molecule has 2 aromatic heterocycles. The molecular weight excluding hydrogens is 637 g/mol. The highest BCUT2D eigenvalue weighted by molar-refractivity contribution is 6.11. The number of hydrogen-bond acceptors (Lipinski definition) is 4. The molecule has 0 saturated carbocycles. The van der Waals surface area contributed by atoms with E-state index in [1.54, 1.807) is 12.1 Å². The van der Waals surface area contributed by atoms with Gasteiger partial charge >= 0.3 is 0 Å². The fourth-order valence-corrected chi connectivity index (χ4v) is 7.52. The predicted octanol–water partition coefficient (Wildman–Crippen LogP) is 10.7. The maximum Gasteiger partial charge on any atom is 0.101 e. The molecule has 9 aromatic rings. The molecular formula is C46H24N6. The second kappa shape index (κ2) is 11.9. The van der Waals surface area contributed by atoms with E-state index >= 15 is 0 Å². The molecule has 0 aliphatic heterocycles. The molecule has 2 heterocycles. The van der Waals surface area contributed by atoms with Crippen molar-refractivity contribution >= 4 is 43.6 Å². The van der Waals surface area contributed by atoms with Crippen molar-refractivity contribution in [2.75, 3.05) is 0 Å². The molecule has 0 aliphatic carbocycles. The lowest BCUT2D eigenvalue weighted by Gasteiger charge is -2.16. The maximum atomic E-state index is 10.6. The van der Waals surface area contributed by atoms with Crippen LogP contribution in [0.25, 0.3) is 77.2 Å². The van der Waals surface area contributed by atoms with Crippen LogP contribution in [0.15, 0.2) is 146 Å². The first-order valence-electron chi connectivity index (χ1n) is 16.7. The molecule has 0 spiro atoms. The van der Waals surface area contributed by atoms with E-state index in [2.05, 4.69) is 83.4 Å². The lowest BCUT2D eigenvalue weighted by atomic mass is 9.94. The van der Waals surface area contributed by atoms with Crippen LogP contribution in [0.4, 0.5) is 0 Å². The maximum absolute atomic E-state index is 10.6. The van der Waals surface area contributed by atoms with Gasteiger partial charge in [0.15, 0.2) is 0 Å². The molecule has 0 bridgehead atoms. The fourth-order valence-electron chi connectivity index (χ4n) is 7.52. The van der Waals surface area contributed by atoms with Crippen LogP contribution in [0.2, 0.25) is 0 Å². The molecule has 6 heteroatoms. The van der Waals surface area contributed by atoms with Crippen molar-refractivity contribution in [1.29, 1.82) is 21.0 Å². The third kappa shape index (κ3) is 4.62. The Balaban J connectivity index is 1.29. The van der Waals surface area contributed by atoms with Gasteiger partial charge in [-0.2, -0.15) is 21.0 Å². The van der Waals surface area contributed by atoms with Crippen molar-refractivity contribution in [3.8, 4) is 57.9 Å². The summed E-state index contributed by atoms with van der Waals surface area (Å²) in [5.41, 5.74) is 10.9. The smallest absolute Gasteiger partial charge is 0.101 e. The SMILES string of the molecule is N#Cc1ccc2c(c1)c1cc(C#N)ccc1n2-c1ccc(-c2cc(-c3ccccc3C#N)cc(-n3c4ccccc4c4ccccc43)c2)cc1C#N. The summed E-state index contributed by atoms with van der Waals surface area (Å²) in [4.78, 5) is 0. The molecule has 0 radical (unpaired) electrons. The van der Waals surface area contributed by atoms with E-state index in [0.717, 1.165) is 71.6 Å². The lowest BCUT2D eigenvalue weighted by molar-refractivity contribution is 1.17. The van der Waals surface area contributed by atoms with Crippen molar-refractivity contribution in [3.63, 3.8) is 0 Å². The van der Waals surface area contributed by atoms with Gasteiger partial charge < -0.3 is 9.13 Å². The number of para-hydroxylation sites is 2. The Morgan fingerprint density at radius 3 is 1.54 bits per heavy atom. The minimum absolute atomic E-state index is 0.464. The minimum Gasteiger partial charge on any atom is -0.309 e. The Kier molecular flexibility index (Phi) is 6.91. The zero-order valence-electron chi connectivity index (χ0n) is 27.5. The molecule has 0 amide bonds. The summed E-state index contributed by atoms with van der Waals surface area (Å²) in [6, 6.07) is 56.8. The first-order valence-corrected chi connectivity index (χ1v) is 16.7. The third-order valence-electron chi connectivity index (χ3n) is 9.83. The quantitative estimate of drug-likeness (QED) is 0.187. The third-order valence-corrected chi connectivity index (χ3v) is 9.83. The Morgan fingerprint density at radius 2 is 0.923 bits per heavy atom. The standard InChI is InChI=1S/C46H24N6/c47-25-29-13-16-45-40(19-29)41-20-30(26-48)14-17-46(41)52(45)42-18-15-31(21-35(42)28-50)33-22-34(37-8-2-1-7-32(37)27-49)24-36(23-33)51-43-11-5-3-9-38(43)39-10-4-6-12-44(39)51/h1-24H. The van der Waals surface area contributed by atoms with Gasteiger partial charge in [0.2, 0.25) is 0 Å². The Hall–Kier alpha value is -7.90. The summed E-state index contributed by atoms with van der Waals surface area (Å²) < 4.78 is 4.29. The lowest BCUT2D eigenvalue weighted by Crippen LogP contribution is -1.99. The predicted molar refractivity (Wildman–Crippen MR) is 205 cm³/mol. The van der Waals surface area contributed by atoms with Gasteiger partial charge in [-0.05, 0) is 107 Å². The molecule has 0 N–H and O–H groups in total. The largest absolute Gasteiger partial charge is 0.309 e. The summed E-state index contributed by atoms with van der Waals surface area (Å²) in [6.45, 7) is 0. The van der Waals surface area contributed by atoms with E-state index in [4.69, 9.17) is 0 Å². The summed E-state index contributed by atoms with van der Waals surface area (Å²) in [5, 5.41) is 44.0. The van der Waals surface area contributed by atoms with Crippen molar-refractivity contribution < 1.29 is 0 Å². The summed E-state index contributed by atoms with van der Waals surface area (Å²) in [6.07, 6.45) is 0. The fraction of sp³-hybridized carbons (Fsp3) is 0. The van der Waals surface area contributed by atoms with Crippen LogP contribution in [0.5, 0.6) is 0 Å². The van der Waals surface area contributed by atoms with E-state index < -0.39 is 0 Å². The molecule has 52 heavy (non-hydrogen) atoms. The van der Waals surface area contributed by atoms with E-state index in [1.165, 1.54) is 0 Å². The highest BCUT2D eigenvalue weighted by Crippen LogP contribution is 2.39. The number of rotatable bonds is 4. The number of fused-ring (bicyclic) bond motifs is 6. The second-order valence-corrected chi connectivity index (χ2v) is 12.7. The van der Waals surface area contributed by atoms with Gasteiger partial charge in [0.05, 0.1) is 68.2 Å². The Bertz CT molecular complexity index is 3010. The molecule has 0 atom stereocenters. The normalized spacial score (nSPS) is 11.0. The summed E-state index contributed by atoms with van der Waals surface area (Å²) in [7, 11) is 0. The van der Waals surface area contributed by atoms with Crippen molar-refractivity contribution in [2.45, 2.75) is 0 Å². The minimum atomic E-state index is 0.464. The van der Waals surface area contributed by atoms with Crippen LogP contribution < -0.4 is 0 Å². The molecule has 0 saturated heterocycles. The van der Waals surface area contributed by atoms with Gasteiger partial charge in [0, 0.05) is 27.2 Å². The summed E-state index contributed by atoms with van der Waals surface area (Å²) >= 11 is 0. The van der Waals surface area contributed by atoms with Gasteiger partial charge in [-0.15, -0.1) is 0 Å². The molecule has 7 aromatic carbocycles. The monoisotopic (exact) mass is 660 g/mol. The van der Waals surface area contributed by atoms with Crippen LogP contribution in [0, 0.1) is 45.3 Å². The highest BCUT2D eigenvalue weighted by Gasteiger charge is 2.19. The molecule has 0 fully saturated rings. The average molecular weight is 661 g/mol. The zero-order chi connectivity index (χ0) is 35.3. The highest BCUT2D eigenvalue weighted by atomic mass is 15.0. The van der Waals surface area contributed by atoms with Gasteiger partial charge in [0.25, 0.3) is 0 Å². The van der Waals surface area contributed by atoms with E-state index in [0.29, 0.717) is 27.9 Å². The number of nitriles is 4. The average Bonchev–Trinajstić information content (AvgIpc) is 3.72. The van der Waals surface area contributed by atoms with Crippen LogP contribution in [0.3, 0.4) is 0 Å². The van der Waals surface area contributed by atoms with E-state index in [9.17, 15) is 21.0 Å². The van der Waals surface area contributed by atoms with Crippen LogP contribution in [-0.2, 0) is 0 Å². The van der Waals surface area contributed by atoms with E-state index in [1.807, 2.05) is 83.4 Å². The summed E-state index contributed by atoms with van der Waals surface area (Å²) in [5.74, 6) is 0. The number of hydrogen-bond donors (Lipinski definition) is 0. The van der Waals surface area contributed by atoms with Crippen molar-refractivity contribution in [3.05, 3.63) is 168 Å². The molecule has 0 unspecified atom stereocenters. The topological polar surface area (TPSA) is 105 Å². The number of nitrogens with zero attached hydrogens (tertiary/aromatic N) is 6. The zero-order valence-corrected chi connectivity index (χ0v) is 27.5. The van der Waals surface area contributed by atoms with Gasteiger partial charge in [-0.25, -0.2) is 0 Å². The van der Waals surface area contributed by atoms with Crippen molar-refractivity contribution in [1.82, 2.24) is 9.13 Å². The molecule has 9 rings (SSSR count). The van der Waals surface area contributed by atoms with Crippen LogP contribution >= 0.6 is 0 Å². The van der Waals surface area contributed by atoms with E-state index in [-0.39, 0.29) is 0 Å². The first kappa shape index (κ1) is 30.2. The van der Waals surface area contributed by atoms with Gasteiger partial charge in [0.1, 0.15) is 6.07 Å². The van der Waals surface area contributed by atoms with Crippen molar-refractivity contribution in [2.24, 2.45) is 0 Å². The Labute approximate surface area is 298 Å². The van der Waals surface area contributed by atoms with Gasteiger partial charge in [-0.1, -0.05) is 60.7 Å². The van der Waals surface area contributed by atoms with Crippen LogP contribution in [-0.4, -0.2) is 9.13 Å². The molecule has 0 aliphatic rings. The van der Waals surface area contributed by atoms with Crippen LogP contribution in [0.1, 0.15) is 22.3 Å². The van der Waals surface area contributed by atoms with Gasteiger partial charge in [-0.3, -0.25) is 0 Å². The number of aromatic nitrogens is 2. The number of benzene rings is 7. The molecule has 238 valence electrons. The first-order chi connectivity index (χ1) is 25.6. The Morgan fingerprint density at radius 1 is 0.365 bits per heavy atom. The second-order valence-electron chi connectivity index (χ2n) is 12.7. The molecule has 6 nitrogen and oxygen atoms in total.